The number of aromatic nitrogens is 2. The van der Waals surface area contributed by atoms with Gasteiger partial charge in [0.15, 0.2) is 0 Å². The lowest BCUT2D eigenvalue weighted by atomic mass is 10.4. The second-order valence-corrected chi connectivity index (χ2v) is 3.62. The first kappa shape index (κ1) is 13.2. The predicted molar refractivity (Wildman–Crippen MR) is 66.0 cm³/mol. The Kier molecular flexibility index (Phi) is 5.19. The van der Waals surface area contributed by atoms with E-state index in [1.165, 1.54) is 6.07 Å². The van der Waals surface area contributed by atoms with Gasteiger partial charge in [-0.05, 0) is 13.3 Å². The van der Waals surface area contributed by atoms with Crippen LogP contribution in [0.25, 0.3) is 0 Å². The largest absolute Gasteiger partial charge is 0.384 e. The maximum Gasteiger partial charge on any atom is 0.269 e. The van der Waals surface area contributed by atoms with Gasteiger partial charge in [0.05, 0.1) is 11.9 Å². The normalized spacial score (nSPS) is 10.0. The van der Waals surface area contributed by atoms with Crippen molar-refractivity contribution in [2.24, 2.45) is 0 Å². The van der Waals surface area contributed by atoms with E-state index >= 15 is 0 Å². The number of nitrogens with one attached hydrogen (secondary N) is 2. The number of likely N-dealkylation sites (N-methyl/N-ethyl adjacent to an activating group) is 1. The molecule has 0 aliphatic heterocycles. The maximum atomic E-state index is 11.6. The summed E-state index contributed by atoms with van der Waals surface area (Å²) in [5.74, 6) is -0.212. The Labute approximate surface area is 100 Å². The minimum Gasteiger partial charge on any atom is -0.384 e. The van der Waals surface area contributed by atoms with Crippen molar-refractivity contribution in [3.63, 3.8) is 0 Å². The Balaban J connectivity index is 2.69. The van der Waals surface area contributed by atoms with Gasteiger partial charge in [-0.1, -0.05) is 6.92 Å². The van der Waals surface area contributed by atoms with Gasteiger partial charge in [0.1, 0.15) is 6.54 Å². The quantitative estimate of drug-likeness (QED) is 0.742. The fraction of sp³-hybridized carbons (Fsp3) is 0.545. The van der Waals surface area contributed by atoms with Crippen molar-refractivity contribution < 1.29 is 4.79 Å². The van der Waals surface area contributed by atoms with Crippen LogP contribution in [-0.2, 0) is 11.3 Å². The van der Waals surface area contributed by atoms with Crippen molar-refractivity contribution in [3.8, 4) is 0 Å². The average molecular weight is 238 g/mol. The summed E-state index contributed by atoms with van der Waals surface area (Å²) in [7, 11) is 0. The summed E-state index contributed by atoms with van der Waals surface area (Å²) in [5, 5.41) is 9.61. The Morgan fingerprint density at radius 2 is 2.24 bits per heavy atom. The van der Waals surface area contributed by atoms with Crippen LogP contribution in [0.15, 0.2) is 17.1 Å². The Hall–Kier alpha value is -1.85. The minimum atomic E-state index is -0.280. The van der Waals surface area contributed by atoms with Gasteiger partial charge in [0, 0.05) is 19.2 Å². The summed E-state index contributed by atoms with van der Waals surface area (Å²) in [5.41, 5.74) is 0.404. The van der Waals surface area contributed by atoms with Crippen molar-refractivity contribution in [3.05, 3.63) is 22.6 Å². The van der Waals surface area contributed by atoms with E-state index in [4.69, 9.17) is 0 Å². The van der Waals surface area contributed by atoms with Gasteiger partial charge in [-0.25, -0.2) is 4.68 Å². The van der Waals surface area contributed by atoms with E-state index in [1.807, 2.05) is 13.8 Å². The van der Waals surface area contributed by atoms with Gasteiger partial charge in [-0.3, -0.25) is 9.59 Å². The van der Waals surface area contributed by atoms with Crippen molar-refractivity contribution in [2.75, 3.05) is 18.4 Å². The number of nitrogens with zero attached hydrogens (tertiary/aromatic N) is 2. The van der Waals surface area contributed by atoms with Crippen LogP contribution in [0.3, 0.4) is 0 Å². The predicted octanol–water partition coefficient (Wildman–Crippen LogP) is 0.201. The summed E-state index contributed by atoms with van der Waals surface area (Å²) in [6.45, 7) is 5.16. The van der Waals surface area contributed by atoms with Crippen molar-refractivity contribution in [1.29, 1.82) is 0 Å². The molecule has 1 aromatic heterocycles. The molecule has 17 heavy (non-hydrogen) atoms. The highest BCUT2D eigenvalue weighted by atomic mass is 16.2. The lowest BCUT2D eigenvalue weighted by Gasteiger charge is -2.07. The summed E-state index contributed by atoms with van der Waals surface area (Å²) in [4.78, 5) is 22.9. The molecular weight excluding hydrogens is 220 g/mol. The summed E-state index contributed by atoms with van der Waals surface area (Å²) < 4.78 is 1.14. The van der Waals surface area contributed by atoms with E-state index in [1.54, 1.807) is 6.20 Å². The Bertz CT molecular complexity index is 428. The zero-order valence-electron chi connectivity index (χ0n) is 10.2. The highest BCUT2D eigenvalue weighted by Gasteiger charge is 2.04. The molecule has 94 valence electrons. The zero-order valence-corrected chi connectivity index (χ0v) is 10.2. The molecule has 0 aliphatic rings. The zero-order chi connectivity index (χ0) is 12.7. The van der Waals surface area contributed by atoms with Crippen LogP contribution in [0.4, 0.5) is 5.69 Å². The standard InChI is InChI=1S/C11H18N4O2/c1-3-5-13-9-6-11(17)15(14-7-9)8-10(16)12-4-2/h6-7,13H,3-5,8H2,1-2H3,(H,12,16). The van der Waals surface area contributed by atoms with Gasteiger partial charge in [-0.15, -0.1) is 0 Å². The molecule has 6 nitrogen and oxygen atoms in total. The lowest BCUT2D eigenvalue weighted by Crippen LogP contribution is -2.33. The highest BCUT2D eigenvalue weighted by molar-refractivity contribution is 5.75. The number of anilines is 1. The summed E-state index contributed by atoms with van der Waals surface area (Å²) in [6.07, 6.45) is 2.53. The number of hydrogen-bond donors (Lipinski definition) is 2. The van der Waals surface area contributed by atoms with Gasteiger partial charge < -0.3 is 10.6 Å². The van der Waals surface area contributed by atoms with Crippen molar-refractivity contribution in [2.45, 2.75) is 26.8 Å². The SMILES string of the molecule is CCCNc1cnn(CC(=O)NCC)c(=O)c1. The van der Waals surface area contributed by atoms with Crippen LogP contribution in [0.2, 0.25) is 0 Å². The van der Waals surface area contributed by atoms with Crippen LogP contribution < -0.4 is 16.2 Å². The second kappa shape index (κ2) is 6.67. The molecule has 0 spiro atoms. The van der Waals surface area contributed by atoms with Crippen LogP contribution in [0.1, 0.15) is 20.3 Å². The van der Waals surface area contributed by atoms with E-state index in [0.717, 1.165) is 17.6 Å². The number of carbonyl (C=O) groups excluding carboxylic acids is 1. The van der Waals surface area contributed by atoms with E-state index < -0.39 is 0 Å². The molecule has 0 bridgehead atoms. The third kappa shape index (κ3) is 4.26. The first-order valence-corrected chi connectivity index (χ1v) is 5.75. The number of rotatable bonds is 6. The van der Waals surface area contributed by atoms with Crippen molar-refractivity contribution >= 4 is 11.6 Å². The second-order valence-electron chi connectivity index (χ2n) is 3.62. The van der Waals surface area contributed by atoms with E-state index in [0.29, 0.717) is 12.2 Å². The topological polar surface area (TPSA) is 76.0 Å². The number of hydrogen-bond acceptors (Lipinski definition) is 4. The molecule has 0 radical (unpaired) electrons. The molecule has 1 amide bonds. The fourth-order valence-corrected chi connectivity index (χ4v) is 1.31. The third-order valence-corrected chi connectivity index (χ3v) is 2.12. The molecule has 1 heterocycles. The maximum absolute atomic E-state index is 11.6. The number of carbonyl (C=O) groups is 1. The van der Waals surface area contributed by atoms with Crippen LogP contribution in [0, 0.1) is 0 Å². The van der Waals surface area contributed by atoms with E-state index in [-0.39, 0.29) is 18.0 Å². The summed E-state index contributed by atoms with van der Waals surface area (Å²) in [6, 6.07) is 1.45. The Morgan fingerprint density at radius 1 is 1.47 bits per heavy atom. The fourth-order valence-electron chi connectivity index (χ4n) is 1.31. The molecule has 0 unspecified atom stereocenters. The van der Waals surface area contributed by atoms with Crippen LogP contribution >= 0.6 is 0 Å². The molecule has 6 heteroatoms. The molecule has 0 fully saturated rings. The highest BCUT2D eigenvalue weighted by Crippen LogP contribution is 1.99. The average Bonchev–Trinajstić information content (AvgIpc) is 2.30. The third-order valence-electron chi connectivity index (χ3n) is 2.12. The molecular formula is C11H18N4O2. The molecule has 1 rings (SSSR count). The Morgan fingerprint density at radius 3 is 2.82 bits per heavy atom. The lowest BCUT2D eigenvalue weighted by molar-refractivity contribution is -0.121. The van der Waals surface area contributed by atoms with Crippen molar-refractivity contribution in [1.82, 2.24) is 15.1 Å². The minimum absolute atomic E-state index is 0.0409. The number of amides is 1. The van der Waals surface area contributed by atoms with Crippen LogP contribution in [-0.4, -0.2) is 28.8 Å². The molecule has 2 N–H and O–H groups in total. The monoisotopic (exact) mass is 238 g/mol. The van der Waals surface area contributed by atoms with Gasteiger partial charge >= 0.3 is 0 Å². The van der Waals surface area contributed by atoms with Gasteiger partial charge in [-0.2, -0.15) is 5.10 Å². The molecule has 0 saturated heterocycles. The molecule has 0 atom stereocenters. The smallest absolute Gasteiger partial charge is 0.269 e. The molecule has 0 saturated carbocycles. The molecule has 0 aliphatic carbocycles. The summed E-state index contributed by atoms with van der Waals surface area (Å²) >= 11 is 0. The van der Waals surface area contributed by atoms with E-state index in [9.17, 15) is 9.59 Å². The van der Waals surface area contributed by atoms with Crippen LogP contribution in [0.5, 0.6) is 0 Å². The van der Waals surface area contributed by atoms with Gasteiger partial charge in [0.25, 0.3) is 5.56 Å². The molecule has 1 aromatic rings. The molecule has 0 aromatic carbocycles. The first-order chi connectivity index (χ1) is 8.17. The first-order valence-electron chi connectivity index (χ1n) is 5.75. The van der Waals surface area contributed by atoms with E-state index in [2.05, 4.69) is 15.7 Å². The van der Waals surface area contributed by atoms with Gasteiger partial charge in [0.2, 0.25) is 5.91 Å².